The molecule has 2 rings (SSSR count). The third-order valence-corrected chi connectivity index (χ3v) is 2.61. The molecule has 0 radical (unpaired) electrons. The Kier molecular flexibility index (Phi) is 3.67. The number of Topliss-reactive ketones (excluding diaryl/α,β-unsaturated/α-hetero) is 1. The van der Waals surface area contributed by atoms with Gasteiger partial charge in [-0.2, -0.15) is 0 Å². The van der Waals surface area contributed by atoms with Crippen LogP contribution in [0.5, 0.6) is 5.75 Å². The largest absolute Gasteiger partial charge is 0.496 e. The zero-order valence-corrected chi connectivity index (χ0v) is 10.4. The Balaban J connectivity index is 2.18. The van der Waals surface area contributed by atoms with Crippen LogP contribution in [-0.4, -0.2) is 22.9 Å². The maximum Gasteiger partial charge on any atom is 0.187 e. The standard InChI is InChI=1S/C14H14N2O2/c1-10-8-16-12(9-15-10)13(17)7-11-5-3-4-6-14(11)18-2/h3-6,8-9H,7H2,1-2H3. The molecule has 0 unspecified atom stereocenters. The van der Waals surface area contributed by atoms with Gasteiger partial charge in [0.25, 0.3) is 0 Å². The minimum Gasteiger partial charge on any atom is -0.496 e. The molecule has 1 aromatic carbocycles. The zero-order chi connectivity index (χ0) is 13.0. The second kappa shape index (κ2) is 5.40. The summed E-state index contributed by atoms with van der Waals surface area (Å²) in [7, 11) is 1.59. The van der Waals surface area contributed by atoms with E-state index < -0.39 is 0 Å². The highest BCUT2D eigenvalue weighted by Crippen LogP contribution is 2.18. The van der Waals surface area contributed by atoms with Gasteiger partial charge in [0.1, 0.15) is 11.4 Å². The van der Waals surface area contributed by atoms with Crippen molar-refractivity contribution >= 4 is 5.78 Å². The number of ether oxygens (including phenoxy) is 1. The number of aromatic nitrogens is 2. The molecule has 18 heavy (non-hydrogen) atoms. The first-order valence-electron chi connectivity index (χ1n) is 5.64. The molecule has 0 saturated heterocycles. The van der Waals surface area contributed by atoms with Gasteiger partial charge in [0.05, 0.1) is 19.0 Å². The summed E-state index contributed by atoms with van der Waals surface area (Å²) in [6.45, 7) is 1.83. The van der Waals surface area contributed by atoms with Crippen LogP contribution in [0.4, 0.5) is 0 Å². The number of benzene rings is 1. The van der Waals surface area contributed by atoms with Crippen LogP contribution >= 0.6 is 0 Å². The lowest BCUT2D eigenvalue weighted by Gasteiger charge is -2.06. The van der Waals surface area contributed by atoms with Gasteiger partial charge >= 0.3 is 0 Å². The maximum atomic E-state index is 12.0. The normalized spacial score (nSPS) is 10.1. The molecule has 0 aliphatic carbocycles. The van der Waals surface area contributed by atoms with Gasteiger partial charge < -0.3 is 4.74 Å². The molecule has 0 fully saturated rings. The molecule has 1 heterocycles. The monoisotopic (exact) mass is 242 g/mol. The van der Waals surface area contributed by atoms with Crippen molar-refractivity contribution in [3.63, 3.8) is 0 Å². The first-order chi connectivity index (χ1) is 8.70. The molecule has 0 amide bonds. The van der Waals surface area contributed by atoms with E-state index in [-0.39, 0.29) is 12.2 Å². The molecule has 0 saturated carbocycles. The molecule has 0 N–H and O–H groups in total. The number of rotatable bonds is 4. The Morgan fingerprint density at radius 1 is 1.22 bits per heavy atom. The highest BCUT2D eigenvalue weighted by molar-refractivity contribution is 5.95. The minimum atomic E-state index is -0.0630. The van der Waals surface area contributed by atoms with Crippen molar-refractivity contribution in [1.82, 2.24) is 9.97 Å². The van der Waals surface area contributed by atoms with E-state index in [1.54, 1.807) is 13.3 Å². The van der Waals surface area contributed by atoms with Gasteiger partial charge in [0.2, 0.25) is 0 Å². The number of methoxy groups -OCH3 is 1. The van der Waals surface area contributed by atoms with E-state index in [1.807, 2.05) is 31.2 Å². The molecule has 4 nitrogen and oxygen atoms in total. The summed E-state index contributed by atoms with van der Waals surface area (Å²) in [5.41, 5.74) is 2.03. The van der Waals surface area contributed by atoms with Crippen LogP contribution in [0.15, 0.2) is 36.7 Å². The van der Waals surface area contributed by atoms with E-state index in [9.17, 15) is 4.79 Å². The Morgan fingerprint density at radius 2 is 2.00 bits per heavy atom. The Labute approximate surface area is 106 Å². The van der Waals surface area contributed by atoms with Gasteiger partial charge in [-0.3, -0.25) is 9.78 Å². The van der Waals surface area contributed by atoms with Crippen molar-refractivity contribution in [2.75, 3.05) is 7.11 Å². The van der Waals surface area contributed by atoms with E-state index in [2.05, 4.69) is 9.97 Å². The predicted octanol–water partition coefficient (Wildman–Crippen LogP) is 2.22. The first-order valence-corrected chi connectivity index (χ1v) is 5.64. The summed E-state index contributed by atoms with van der Waals surface area (Å²) in [5, 5.41) is 0. The van der Waals surface area contributed by atoms with Gasteiger partial charge in [-0.25, -0.2) is 4.98 Å². The van der Waals surface area contributed by atoms with Crippen molar-refractivity contribution in [3.05, 3.63) is 53.6 Å². The van der Waals surface area contributed by atoms with Crippen molar-refractivity contribution in [2.45, 2.75) is 13.3 Å². The number of para-hydroxylation sites is 1. The SMILES string of the molecule is COc1ccccc1CC(=O)c1cnc(C)cn1. The highest BCUT2D eigenvalue weighted by atomic mass is 16.5. The summed E-state index contributed by atoms with van der Waals surface area (Å²) in [5.74, 6) is 0.651. The predicted molar refractivity (Wildman–Crippen MR) is 67.8 cm³/mol. The molecule has 0 bridgehead atoms. The summed E-state index contributed by atoms with van der Waals surface area (Å²) in [4.78, 5) is 20.2. The lowest BCUT2D eigenvalue weighted by Crippen LogP contribution is -2.07. The van der Waals surface area contributed by atoms with Crippen molar-refractivity contribution in [1.29, 1.82) is 0 Å². The minimum absolute atomic E-state index is 0.0630. The number of nitrogens with zero attached hydrogens (tertiary/aromatic N) is 2. The van der Waals surface area contributed by atoms with Crippen molar-refractivity contribution < 1.29 is 9.53 Å². The average Bonchev–Trinajstić information content (AvgIpc) is 2.40. The van der Waals surface area contributed by atoms with Crippen LogP contribution in [0.1, 0.15) is 21.7 Å². The van der Waals surface area contributed by atoms with Crippen LogP contribution in [0, 0.1) is 6.92 Å². The Morgan fingerprint density at radius 3 is 2.67 bits per heavy atom. The van der Waals surface area contributed by atoms with Crippen molar-refractivity contribution in [2.24, 2.45) is 0 Å². The van der Waals surface area contributed by atoms with Crippen LogP contribution in [-0.2, 0) is 6.42 Å². The van der Waals surface area contributed by atoms with E-state index >= 15 is 0 Å². The molecule has 2 aromatic rings. The molecule has 0 spiro atoms. The van der Waals surface area contributed by atoms with Crippen LogP contribution in [0.3, 0.4) is 0 Å². The van der Waals surface area contributed by atoms with E-state index in [0.29, 0.717) is 11.4 Å². The molecule has 1 aromatic heterocycles. The third kappa shape index (κ3) is 2.71. The lowest BCUT2D eigenvalue weighted by atomic mass is 10.1. The molecule has 4 heteroatoms. The van der Waals surface area contributed by atoms with E-state index in [1.165, 1.54) is 6.20 Å². The van der Waals surface area contributed by atoms with Gasteiger partial charge in [0, 0.05) is 18.2 Å². The number of aryl methyl sites for hydroxylation is 1. The summed E-state index contributed by atoms with van der Waals surface area (Å²) in [6.07, 6.45) is 3.37. The van der Waals surface area contributed by atoms with Gasteiger partial charge in [0.15, 0.2) is 5.78 Å². The fourth-order valence-electron chi connectivity index (χ4n) is 1.65. The fourth-order valence-corrected chi connectivity index (χ4v) is 1.65. The Bertz CT molecular complexity index is 550. The van der Waals surface area contributed by atoms with E-state index in [0.717, 1.165) is 11.3 Å². The number of carbonyl (C=O) groups is 1. The van der Waals surface area contributed by atoms with E-state index in [4.69, 9.17) is 4.74 Å². The topological polar surface area (TPSA) is 52.1 Å². The molecule has 0 aliphatic rings. The fraction of sp³-hybridized carbons (Fsp3) is 0.214. The number of ketones is 1. The van der Waals surface area contributed by atoms with Gasteiger partial charge in [-0.15, -0.1) is 0 Å². The van der Waals surface area contributed by atoms with Crippen molar-refractivity contribution in [3.8, 4) is 5.75 Å². The summed E-state index contributed by atoms with van der Waals surface area (Å²) in [6, 6.07) is 7.46. The van der Waals surface area contributed by atoms with Gasteiger partial charge in [-0.05, 0) is 13.0 Å². The molecule has 0 aliphatic heterocycles. The smallest absolute Gasteiger partial charge is 0.187 e. The summed E-state index contributed by atoms with van der Waals surface area (Å²) < 4.78 is 5.21. The average molecular weight is 242 g/mol. The van der Waals surface area contributed by atoms with Crippen LogP contribution in [0.25, 0.3) is 0 Å². The van der Waals surface area contributed by atoms with Gasteiger partial charge in [-0.1, -0.05) is 18.2 Å². The zero-order valence-electron chi connectivity index (χ0n) is 10.4. The number of hydrogen-bond donors (Lipinski definition) is 0. The molecular weight excluding hydrogens is 228 g/mol. The second-order valence-electron chi connectivity index (χ2n) is 3.95. The van der Waals surface area contributed by atoms with Crippen LogP contribution in [0.2, 0.25) is 0 Å². The second-order valence-corrected chi connectivity index (χ2v) is 3.95. The highest BCUT2D eigenvalue weighted by Gasteiger charge is 2.11. The Hall–Kier alpha value is -2.23. The van der Waals surface area contributed by atoms with Crippen LogP contribution < -0.4 is 4.74 Å². The first kappa shape index (κ1) is 12.2. The quantitative estimate of drug-likeness (QED) is 0.771. The maximum absolute atomic E-state index is 12.0. The molecule has 92 valence electrons. The molecular formula is C14H14N2O2. The number of carbonyl (C=O) groups excluding carboxylic acids is 1. The summed E-state index contributed by atoms with van der Waals surface area (Å²) >= 11 is 0. The number of hydrogen-bond acceptors (Lipinski definition) is 4. The third-order valence-electron chi connectivity index (χ3n) is 2.61. The molecule has 0 atom stereocenters. The lowest BCUT2D eigenvalue weighted by molar-refractivity contribution is 0.0987.